The van der Waals surface area contributed by atoms with E-state index in [-0.39, 0.29) is 16.7 Å². The maximum Gasteiger partial charge on any atom is 0.244 e. The highest BCUT2D eigenvalue weighted by molar-refractivity contribution is 8.00. The van der Waals surface area contributed by atoms with Crippen molar-refractivity contribution in [3.8, 4) is 15.6 Å². The zero-order valence-corrected chi connectivity index (χ0v) is 20.0. The van der Waals surface area contributed by atoms with Crippen LogP contribution in [0.2, 0.25) is 0 Å². The molecule has 1 aliphatic rings. The van der Waals surface area contributed by atoms with Gasteiger partial charge in [0.2, 0.25) is 15.9 Å². The highest BCUT2D eigenvalue weighted by Crippen LogP contribution is 2.30. The number of aromatic nitrogens is 1. The SMILES string of the molecule is COc1ccc(S(=O)(=O)N2CSCC2C(=O)NCCc2csc(-c3cccs3)n2)cc1. The summed E-state index contributed by atoms with van der Waals surface area (Å²) < 4.78 is 32.4. The molecule has 0 bridgehead atoms. The molecule has 4 rings (SSSR count). The Morgan fingerprint density at radius 2 is 2.06 bits per heavy atom. The van der Waals surface area contributed by atoms with Gasteiger partial charge < -0.3 is 10.1 Å². The predicted molar refractivity (Wildman–Crippen MR) is 125 cm³/mol. The molecule has 1 atom stereocenters. The van der Waals surface area contributed by atoms with E-state index in [1.165, 1.54) is 35.3 Å². The van der Waals surface area contributed by atoms with Crippen molar-refractivity contribution in [2.24, 2.45) is 0 Å². The first-order valence-corrected chi connectivity index (χ1v) is 13.8. The van der Waals surface area contributed by atoms with E-state index in [1.54, 1.807) is 34.8 Å². The largest absolute Gasteiger partial charge is 0.497 e. The van der Waals surface area contributed by atoms with E-state index in [1.807, 2.05) is 22.9 Å². The predicted octanol–water partition coefficient (Wildman–Crippen LogP) is 3.30. The molecule has 1 N–H and O–H groups in total. The maximum absolute atomic E-state index is 13.0. The minimum atomic E-state index is -3.77. The number of hydrogen-bond acceptors (Lipinski definition) is 8. The lowest BCUT2D eigenvalue weighted by Gasteiger charge is -2.22. The van der Waals surface area contributed by atoms with Crippen LogP contribution in [0.4, 0.5) is 0 Å². The van der Waals surface area contributed by atoms with Crippen LogP contribution < -0.4 is 10.1 Å². The van der Waals surface area contributed by atoms with Crippen LogP contribution in [-0.4, -0.2) is 54.9 Å². The second kappa shape index (κ2) is 9.70. The minimum absolute atomic E-state index is 0.150. The molecule has 3 heterocycles. The monoisotopic (exact) mass is 495 g/mol. The van der Waals surface area contributed by atoms with Crippen molar-refractivity contribution in [2.75, 3.05) is 25.3 Å². The first kappa shape index (κ1) is 22.3. The van der Waals surface area contributed by atoms with Gasteiger partial charge in [0.15, 0.2) is 0 Å². The standard InChI is InChI=1S/C20H21N3O4S4/c1-27-15-4-6-16(7-5-15)31(25,26)23-13-28-12-17(23)19(24)21-9-8-14-11-30-20(22-14)18-3-2-10-29-18/h2-7,10-11,17H,8-9,12-13H2,1H3,(H,21,24). The van der Waals surface area contributed by atoms with Gasteiger partial charge in [0.25, 0.3) is 0 Å². The molecule has 7 nitrogen and oxygen atoms in total. The van der Waals surface area contributed by atoms with Gasteiger partial charge in [-0.2, -0.15) is 4.31 Å². The van der Waals surface area contributed by atoms with E-state index in [2.05, 4.69) is 10.3 Å². The third-order valence-corrected chi connectivity index (χ3v) is 9.75. The minimum Gasteiger partial charge on any atom is -0.497 e. The fourth-order valence-corrected chi connectivity index (χ4v) is 7.94. The highest BCUT2D eigenvalue weighted by Gasteiger charge is 2.39. The second-order valence-corrected chi connectivity index (χ2v) is 11.4. The van der Waals surface area contributed by atoms with Gasteiger partial charge in [-0.25, -0.2) is 13.4 Å². The van der Waals surface area contributed by atoms with Crippen molar-refractivity contribution in [1.82, 2.24) is 14.6 Å². The van der Waals surface area contributed by atoms with E-state index < -0.39 is 16.1 Å². The maximum atomic E-state index is 13.0. The molecule has 1 fully saturated rings. The van der Waals surface area contributed by atoms with Gasteiger partial charge in [0.05, 0.1) is 28.5 Å². The number of sulfonamides is 1. The number of thioether (sulfide) groups is 1. The number of amides is 1. The third-order valence-electron chi connectivity index (χ3n) is 4.77. The van der Waals surface area contributed by atoms with E-state index in [4.69, 9.17) is 4.74 Å². The lowest BCUT2D eigenvalue weighted by atomic mass is 10.3. The summed E-state index contributed by atoms with van der Waals surface area (Å²) in [5, 5.41) is 7.86. The molecule has 164 valence electrons. The first-order chi connectivity index (χ1) is 15.0. The zero-order valence-electron chi connectivity index (χ0n) is 16.7. The molecule has 1 unspecified atom stereocenters. The van der Waals surface area contributed by atoms with Crippen LogP contribution in [0.15, 0.2) is 52.1 Å². The van der Waals surface area contributed by atoms with E-state index in [0.29, 0.717) is 24.5 Å². The van der Waals surface area contributed by atoms with Crippen molar-refractivity contribution >= 4 is 50.4 Å². The lowest BCUT2D eigenvalue weighted by molar-refractivity contribution is -0.123. The van der Waals surface area contributed by atoms with Crippen molar-refractivity contribution in [1.29, 1.82) is 0 Å². The summed E-state index contributed by atoms with van der Waals surface area (Å²) >= 11 is 4.66. The Morgan fingerprint density at radius 1 is 1.26 bits per heavy atom. The Labute approximate surface area is 193 Å². The third kappa shape index (κ3) is 4.96. The fraction of sp³-hybridized carbons (Fsp3) is 0.300. The Kier molecular flexibility index (Phi) is 6.97. The molecule has 1 saturated heterocycles. The smallest absolute Gasteiger partial charge is 0.244 e. The molecular weight excluding hydrogens is 475 g/mol. The highest BCUT2D eigenvalue weighted by atomic mass is 32.2. The van der Waals surface area contributed by atoms with Crippen LogP contribution in [0.25, 0.3) is 9.88 Å². The average molecular weight is 496 g/mol. The van der Waals surface area contributed by atoms with E-state index in [0.717, 1.165) is 15.6 Å². The average Bonchev–Trinajstić information content (AvgIpc) is 3.55. The Hall–Kier alpha value is -1.92. The zero-order chi connectivity index (χ0) is 21.8. The number of hydrogen-bond donors (Lipinski definition) is 1. The molecule has 0 saturated carbocycles. The number of nitrogens with zero attached hydrogens (tertiary/aromatic N) is 2. The molecule has 0 radical (unpaired) electrons. The van der Waals surface area contributed by atoms with Gasteiger partial charge in [-0.1, -0.05) is 6.07 Å². The van der Waals surface area contributed by atoms with Gasteiger partial charge in [0, 0.05) is 24.1 Å². The summed E-state index contributed by atoms with van der Waals surface area (Å²) in [5.74, 6) is 0.979. The molecule has 11 heteroatoms. The lowest BCUT2D eigenvalue weighted by Crippen LogP contribution is -2.47. The van der Waals surface area contributed by atoms with E-state index >= 15 is 0 Å². The summed E-state index contributed by atoms with van der Waals surface area (Å²) in [7, 11) is -2.25. The van der Waals surface area contributed by atoms with Crippen LogP contribution in [0.3, 0.4) is 0 Å². The normalized spacial score (nSPS) is 17.0. The van der Waals surface area contributed by atoms with Crippen LogP contribution >= 0.6 is 34.4 Å². The van der Waals surface area contributed by atoms with Crippen molar-refractivity contribution in [3.63, 3.8) is 0 Å². The van der Waals surface area contributed by atoms with Gasteiger partial charge in [-0.05, 0) is 35.7 Å². The van der Waals surface area contributed by atoms with Gasteiger partial charge in [-0.15, -0.1) is 34.4 Å². The topological polar surface area (TPSA) is 88.6 Å². The van der Waals surface area contributed by atoms with Crippen LogP contribution in [0.1, 0.15) is 5.69 Å². The van der Waals surface area contributed by atoms with Crippen molar-refractivity contribution in [3.05, 3.63) is 52.9 Å². The number of ether oxygens (including phenoxy) is 1. The summed E-state index contributed by atoms with van der Waals surface area (Å²) in [6, 6.07) is 9.50. The number of benzene rings is 1. The van der Waals surface area contributed by atoms with Gasteiger partial charge in [0.1, 0.15) is 16.8 Å². The van der Waals surface area contributed by atoms with Crippen LogP contribution in [-0.2, 0) is 21.2 Å². The Balaban J connectivity index is 1.36. The number of thiazole rings is 1. The fourth-order valence-electron chi connectivity index (χ4n) is 3.12. The van der Waals surface area contributed by atoms with E-state index in [9.17, 15) is 13.2 Å². The molecule has 1 amide bonds. The molecule has 31 heavy (non-hydrogen) atoms. The Bertz CT molecular complexity index is 1130. The van der Waals surface area contributed by atoms with Crippen molar-refractivity contribution in [2.45, 2.75) is 17.4 Å². The van der Waals surface area contributed by atoms with Crippen LogP contribution in [0, 0.1) is 0 Å². The number of rotatable bonds is 8. The summed E-state index contributed by atoms with van der Waals surface area (Å²) in [4.78, 5) is 18.6. The molecular formula is C20H21N3O4S4. The molecule has 0 spiro atoms. The second-order valence-electron chi connectivity index (χ2n) is 6.75. The molecule has 3 aromatic rings. The first-order valence-electron chi connectivity index (χ1n) is 9.48. The van der Waals surface area contributed by atoms with Gasteiger partial charge in [-0.3, -0.25) is 4.79 Å². The number of methoxy groups -OCH3 is 1. The quantitative estimate of drug-likeness (QED) is 0.516. The molecule has 1 aliphatic heterocycles. The molecule has 1 aromatic carbocycles. The Morgan fingerprint density at radius 3 is 2.77 bits per heavy atom. The molecule has 0 aliphatic carbocycles. The number of nitrogens with one attached hydrogen (secondary N) is 1. The molecule has 2 aromatic heterocycles. The summed E-state index contributed by atoms with van der Waals surface area (Å²) in [6.45, 7) is 0.407. The number of thiophene rings is 1. The van der Waals surface area contributed by atoms with Crippen molar-refractivity contribution < 1.29 is 17.9 Å². The number of carbonyl (C=O) groups is 1. The van der Waals surface area contributed by atoms with Crippen LogP contribution in [0.5, 0.6) is 5.75 Å². The summed E-state index contributed by atoms with van der Waals surface area (Å²) in [5.41, 5.74) is 0.914. The number of carbonyl (C=O) groups excluding carboxylic acids is 1. The van der Waals surface area contributed by atoms with Gasteiger partial charge >= 0.3 is 0 Å². The summed E-state index contributed by atoms with van der Waals surface area (Å²) in [6.07, 6.45) is 0.596.